The first kappa shape index (κ1) is 20.3. The molecule has 4 rings (SSSR count). The van der Waals surface area contributed by atoms with Crippen molar-refractivity contribution in [3.8, 4) is 11.5 Å². The fourth-order valence-electron chi connectivity index (χ4n) is 3.27. The Hall–Kier alpha value is -4.00. The van der Waals surface area contributed by atoms with Crippen LogP contribution in [0.25, 0.3) is 21.7 Å². The van der Waals surface area contributed by atoms with Crippen molar-refractivity contribution >= 4 is 33.5 Å². The summed E-state index contributed by atoms with van der Waals surface area (Å²) in [6.07, 6.45) is -0.794. The van der Waals surface area contributed by atoms with E-state index < -0.39 is 17.9 Å². The lowest BCUT2D eigenvalue weighted by atomic mass is 10.1. The molecule has 1 heterocycles. The molecule has 2 amide bonds. The van der Waals surface area contributed by atoms with Crippen molar-refractivity contribution < 1.29 is 19.1 Å². The van der Waals surface area contributed by atoms with Crippen molar-refractivity contribution in [3.63, 3.8) is 0 Å². The van der Waals surface area contributed by atoms with Crippen molar-refractivity contribution in [2.45, 2.75) is 20.0 Å². The monoisotopic (exact) mass is 417 g/mol. The SMILES string of the molecule is CCOc1ccc2cc(C(=O)NNC(=O)C(C)Oc3ccc4ccccc4c3)[nH]c2c1. The number of ether oxygens (including phenoxy) is 2. The molecule has 0 saturated heterocycles. The summed E-state index contributed by atoms with van der Waals surface area (Å²) in [7, 11) is 0. The van der Waals surface area contributed by atoms with Crippen LogP contribution in [0.5, 0.6) is 11.5 Å². The minimum Gasteiger partial charge on any atom is -0.494 e. The van der Waals surface area contributed by atoms with Crippen molar-refractivity contribution in [1.82, 2.24) is 15.8 Å². The fourth-order valence-corrected chi connectivity index (χ4v) is 3.27. The quantitative estimate of drug-likeness (QED) is 0.414. The average Bonchev–Trinajstić information content (AvgIpc) is 3.21. The van der Waals surface area contributed by atoms with E-state index in [2.05, 4.69) is 15.8 Å². The average molecular weight is 417 g/mol. The smallest absolute Gasteiger partial charge is 0.286 e. The van der Waals surface area contributed by atoms with Gasteiger partial charge < -0.3 is 14.5 Å². The van der Waals surface area contributed by atoms with Gasteiger partial charge in [-0.25, -0.2) is 0 Å². The zero-order valence-corrected chi connectivity index (χ0v) is 17.3. The summed E-state index contributed by atoms with van der Waals surface area (Å²) < 4.78 is 11.2. The Labute approximate surface area is 179 Å². The van der Waals surface area contributed by atoms with Crippen LogP contribution >= 0.6 is 0 Å². The molecule has 1 atom stereocenters. The number of carbonyl (C=O) groups is 2. The Morgan fingerprint density at radius 2 is 1.65 bits per heavy atom. The van der Waals surface area contributed by atoms with Gasteiger partial charge >= 0.3 is 0 Å². The Bertz CT molecular complexity index is 1250. The van der Waals surface area contributed by atoms with Gasteiger partial charge in [0.1, 0.15) is 17.2 Å². The van der Waals surface area contributed by atoms with Crippen molar-refractivity contribution in [3.05, 3.63) is 72.4 Å². The predicted octanol–water partition coefficient (Wildman–Crippen LogP) is 3.95. The number of hydrogen-bond donors (Lipinski definition) is 3. The zero-order valence-electron chi connectivity index (χ0n) is 17.3. The third-order valence-corrected chi connectivity index (χ3v) is 4.85. The highest BCUT2D eigenvalue weighted by molar-refractivity contribution is 5.99. The number of fused-ring (bicyclic) bond motifs is 2. The Morgan fingerprint density at radius 3 is 2.45 bits per heavy atom. The summed E-state index contributed by atoms with van der Waals surface area (Å²) in [5, 5.41) is 2.98. The largest absolute Gasteiger partial charge is 0.494 e. The third-order valence-electron chi connectivity index (χ3n) is 4.85. The topological polar surface area (TPSA) is 92.5 Å². The highest BCUT2D eigenvalue weighted by atomic mass is 16.5. The number of aromatic nitrogens is 1. The van der Waals surface area contributed by atoms with E-state index in [1.165, 1.54) is 0 Å². The van der Waals surface area contributed by atoms with E-state index in [0.717, 1.165) is 27.4 Å². The number of carbonyl (C=O) groups excluding carboxylic acids is 2. The zero-order chi connectivity index (χ0) is 21.8. The molecule has 0 fully saturated rings. The second-order valence-corrected chi connectivity index (χ2v) is 7.08. The summed E-state index contributed by atoms with van der Waals surface area (Å²) >= 11 is 0. The van der Waals surface area contributed by atoms with Crippen LogP contribution in [0.3, 0.4) is 0 Å². The summed E-state index contributed by atoms with van der Waals surface area (Å²) in [5.74, 6) is 0.377. The third kappa shape index (κ3) is 4.61. The highest BCUT2D eigenvalue weighted by Crippen LogP contribution is 2.22. The molecule has 0 spiro atoms. The molecule has 1 unspecified atom stereocenters. The van der Waals surface area contributed by atoms with Crippen LogP contribution in [0.4, 0.5) is 0 Å². The van der Waals surface area contributed by atoms with Gasteiger partial charge in [-0.05, 0) is 55.0 Å². The molecule has 3 aromatic carbocycles. The molecule has 0 bridgehead atoms. The van der Waals surface area contributed by atoms with Gasteiger partial charge in [0.2, 0.25) is 0 Å². The Kier molecular flexibility index (Phi) is 5.75. The van der Waals surface area contributed by atoms with Gasteiger partial charge in [0.15, 0.2) is 6.10 Å². The second kappa shape index (κ2) is 8.79. The van der Waals surface area contributed by atoms with E-state index in [1.54, 1.807) is 13.0 Å². The molecule has 0 radical (unpaired) electrons. The van der Waals surface area contributed by atoms with Crippen LogP contribution in [-0.4, -0.2) is 29.5 Å². The molecule has 0 aliphatic heterocycles. The number of aromatic amines is 1. The summed E-state index contributed by atoms with van der Waals surface area (Å²) in [6.45, 7) is 4.09. The number of hydrazine groups is 1. The minimum atomic E-state index is -0.794. The maximum Gasteiger partial charge on any atom is 0.286 e. The summed E-state index contributed by atoms with van der Waals surface area (Å²) in [4.78, 5) is 27.8. The molecule has 31 heavy (non-hydrogen) atoms. The summed E-state index contributed by atoms with van der Waals surface area (Å²) in [6, 6.07) is 20.8. The molecule has 3 N–H and O–H groups in total. The molecular formula is C24H23N3O4. The Morgan fingerprint density at radius 1 is 0.903 bits per heavy atom. The number of H-pyrrole nitrogens is 1. The van der Waals surface area contributed by atoms with Crippen LogP contribution in [0.1, 0.15) is 24.3 Å². The lowest BCUT2D eigenvalue weighted by Crippen LogP contribution is -2.47. The normalized spacial score (nSPS) is 11.8. The number of benzene rings is 3. The van der Waals surface area contributed by atoms with Gasteiger partial charge in [-0.3, -0.25) is 20.4 Å². The van der Waals surface area contributed by atoms with Gasteiger partial charge in [-0.1, -0.05) is 30.3 Å². The number of rotatable bonds is 6. The minimum absolute atomic E-state index is 0.326. The molecule has 0 aliphatic carbocycles. The maximum atomic E-state index is 12.4. The van der Waals surface area contributed by atoms with E-state index in [-0.39, 0.29) is 0 Å². The molecular weight excluding hydrogens is 394 g/mol. The van der Waals surface area contributed by atoms with Crippen LogP contribution in [-0.2, 0) is 4.79 Å². The molecule has 7 heteroatoms. The van der Waals surface area contributed by atoms with Gasteiger partial charge in [0, 0.05) is 17.0 Å². The van der Waals surface area contributed by atoms with Gasteiger partial charge in [-0.2, -0.15) is 0 Å². The van der Waals surface area contributed by atoms with E-state index in [0.29, 0.717) is 18.1 Å². The van der Waals surface area contributed by atoms with Crippen LogP contribution in [0.15, 0.2) is 66.7 Å². The first-order valence-corrected chi connectivity index (χ1v) is 10.0. The maximum absolute atomic E-state index is 12.4. The summed E-state index contributed by atoms with van der Waals surface area (Å²) in [5.41, 5.74) is 5.92. The van der Waals surface area contributed by atoms with Gasteiger partial charge in [-0.15, -0.1) is 0 Å². The molecule has 0 aliphatic rings. The van der Waals surface area contributed by atoms with Crippen LogP contribution in [0.2, 0.25) is 0 Å². The first-order valence-electron chi connectivity index (χ1n) is 10.0. The van der Waals surface area contributed by atoms with Crippen molar-refractivity contribution in [2.24, 2.45) is 0 Å². The predicted molar refractivity (Wildman–Crippen MR) is 119 cm³/mol. The molecule has 0 saturated carbocycles. The fraction of sp³-hybridized carbons (Fsp3) is 0.167. The highest BCUT2D eigenvalue weighted by Gasteiger charge is 2.17. The number of nitrogens with one attached hydrogen (secondary N) is 3. The Balaban J connectivity index is 1.35. The molecule has 7 nitrogen and oxygen atoms in total. The number of hydrogen-bond acceptors (Lipinski definition) is 4. The standard InChI is InChI=1S/C24H23N3O4/c1-3-30-19-10-9-18-13-22(25-21(18)14-19)24(29)27-26-23(28)15(2)31-20-11-8-16-6-4-5-7-17(16)12-20/h4-15,25H,3H2,1-2H3,(H,26,28)(H,27,29). The van der Waals surface area contributed by atoms with Crippen molar-refractivity contribution in [1.29, 1.82) is 0 Å². The van der Waals surface area contributed by atoms with Gasteiger partial charge in [0.05, 0.1) is 6.61 Å². The van der Waals surface area contributed by atoms with Gasteiger partial charge in [0.25, 0.3) is 11.8 Å². The number of amides is 2. The lowest BCUT2D eigenvalue weighted by Gasteiger charge is -2.15. The first-order chi connectivity index (χ1) is 15.0. The van der Waals surface area contributed by atoms with E-state index in [1.807, 2.05) is 67.6 Å². The van der Waals surface area contributed by atoms with E-state index in [9.17, 15) is 9.59 Å². The van der Waals surface area contributed by atoms with Crippen LogP contribution < -0.4 is 20.3 Å². The molecule has 1 aromatic heterocycles. The molecule has 158 valence electrons. The van der Waals surface area contributed by atoms with Crippen LogP contribution in [0, 0.1) is 0 Å². The lowest BCUT2D eigenvalue weighted by molar-refractivity contribution is -0.128. The van der Waals surface area contributed by atoms with Crippen molar-refractivity contribution in [2.75, 3.05) is 6.61 Å². The molecule has 4 aromatic rings. The van der Waals surface area contributed by atoms with E-state index in [4.69, 9.17) is 9.47 Å². The van der Waals surface area contributed by atoms with E-state index >= 15 is 0 Å². The second-order valence-electron chi connectivity index (χ2n) is 7.08.